The number of nitrogens with one attached hydrogen (secondary N) is 3. The number of benzene rings is 2. The Morgan fingerprint density at radius 3 is 2.53 bits per heavy atom. The van der Waals surface area contributed by atoms with E-state index >= 15 is 0 Å². The Bertz CT molecular complexity index is 1510. The van der Waals surface area contributed by atoms with Crippen LogP contribution in [-0.4, -0.2) is 22.0 Å². The number of rotatable bonds is 6. The Morgan fingerprint density at radius 2 is 1.82 bits per heavy atom. The van der Waals surface area contributed by atoms with Crippen molar-refractivity contribution in [3.05, 3.63) is 76.4 Å². The largest absolute Gasteiger partial charge is 0.416 e. The second kappa shape index (κ2) is 10.3. The van der Waals surface area contributed by atoms with Gasteiger partial charge in [-0.3, -0.25) is 9.59 Å². The number of carbonyl (C=O) groups is 2. The second-order valence-corrected chi connectivity index (χ2v) is 9.88. The Labute approximate surface area is 220 Å². The van der Waals surface area contributed by atoms with E-state index in [4.69, 9.17) is 16.1 Å². The van der Waals surface area contributed by atoms with Gasteiger partial charge in [0, 0.05) is 23.8 Å². The molecule has 2 aromatic heterocycles. The number of nitrogens with zero attached hydrogens (tertiary/aromatic N) is 2. The normalized spacial score (nSPS) is 11.9. The maximum absolute atomic E-state index is 13.1. The smallest absolute Gasteiger partial charge is 0.352 e. The summed E-state index contributed by atoms with van der Waals surface area (Å²) in [7, 11) is 0. The predicted octanol–water partition coefficient (Wildman–Crippen LogP) is 6.55. The molecular formula is C26H23ClF3N5O3. The number of aromatic nitrogens is 2. The van der Waals surface area contributed by atoms with E-state index in [-0.39, 0.29) is 51.3 Å². The van der Waals surface area contributed by atoms with Crippen LogP contribution in [0.25, 0.3) is 11.1 Å². The van der Waals surface area contributed by atoms with Gasteiger partial charge in [0.1, 0.15) is 0 Å². The van der Waals surface area contributed by atoms with E-state index in [0.717, 1.165) is 12.1 Å². The van der Waals surface area contributed by atoms with Gasteiger partial charge in [0.15, 0.2) is 5.52 Å². The third-order valence-electron chi connectivity index (χ3n) is 5.47. The number of hydrogen-bond donors (Lipinski definition) is 3. The lowest BCUT2D eigenvalue weighted by molar-refractivity contribution is -0.137. The van der Waals surface area contributed by atoms with Gasteiger partial charge in [-0.2, -0.15) is 13.2 Å². The molecule has 2 aromatic carbocycles. The Balaban J connectivity index is 1.54. The van der Waals surface area contributed by atoms with E-state index in [1.165, 1.54) is 24.4 Å². The van der Waals surface area contributed by atoms with Crippen molar-refractivity contribution in [3.8, 4) is 0 Å². The molecule has 0 spiro atoms. The maximum Gasteiger partial charge on any atom is 0.416 e. The number of fused-ring (bicyclic) bond motifs is 1. The molecular weight excluding hydrogens is 523 g/mol. The Hall–Kier alpha value is -4.12. The lowest BCUT2D eigenvalue weighted by Crippen LogP contribution is -2.34. The highest BCUT2D eigenvalue weighted by atomic mass is 35.5. The summed E-state index contributed by atoms with van der Waals surface area (Å²) in [6.45, 7) is 5.59. The summed E-state index contributed by atoms with van der Waals surface area (Å²) in [5.74, 6) is -0.613. The summed E-state index contributed by atoms with van der Waals surface area (Å²) >= 11 is 6.26. The van der Waals surface area contributed by atoms with Crippen molar-refractivity contribution in [2.45, 2.75) is 33.5 Å². The molecule has 12 heteroatoms. The van der Waals surface area contributed by atoms with Gasteiger partial charge in [-0.1, -0.05) is 49.7 Å². The molecule has 8 nitrogen and oxygen atoms in total. The topological polar surface area (TPSA) is 109 Å². The minimum atomic E-state index is -4.50. The van der Waals surface area contributed by atoms with Crippen molar-refractivity contribution in [1.82, 2.24) is 15.5 Å². The minimum Gasteiger partial charge on any atom is -0.352 e. The van der Waals surface area contributed by atoms with Crippen LogP contribution in [0.1, 0.15) is 42.3 Å². The lowest BCUT2D eigenvalue weighted by atomic mass is 9.95. The van der Waals surface area contributed by atoms with Crippen LogP contribution in [0.3, 0.4) is 0 Å². The number of alkyl halides is 3. The molecule has 0 bridgehead atoms. The van der Waals surface area contributed by atoms with Crippen molar-refractivity contribution < 1.29 is 27.3 Å². The highest BCUT2D eigenvalue weighted by molar-refractivity contribution is 6.34. The van der Waals surface area contributed by atoms with Gasteiger partial charge in [0.2, 0.25) is 17.3 Å². The molecule has 0 aliphatic heterocycles. The monoisotopic (exact) mass is 545 g/mol. The van der Waals surface area contributed by atoms with Gasteiger partial charge in [-0.05, 0) is 42.0 Å². The summed E-state index contributed by atoms with van der Waals surface area (Å²) in [4.78, 5) is 29.4. The average molecular weight is 546 g/mol. The van der Waals surface area contributed by atoms with Crippen molar-refractivity contribution in [1.29, 1.82) is 0 Å². The number of hydrogen-bond acceptors (Lipinski definition) is 6. The van der Waals surface area contributed by atoms with E-state index in [1.54, 1.807) is 39.0 Å². The number of carbonyl (C=O) groups excluding carboxylic acids is 2. The zero-order chi connectivity index (χ0) is 27.7. The van der Waals surface area contributed by atoms with E-state index < -0.39 is 23.1 Å². The molecule has 0 aliphatic rings. The molecule has 0 unspecified atom stereocenters. The summed E-state index contributed by atoms with van der Waals surface area (Å²) in [6, 6.07) is 10.9. The molecule has 38 heavy (non-hydrogen) atoms. The van der Waals surface area contributed by atoms with Crippen molar-refractivity contribution in [2.24, 2.45) is 5.41 Å². The first-order valence-corrected chi connectivity index (χ1v) is 11.8. The van der Waals surface area contributed by atoms with Crippen LogP contribution in [0.2, 0.25) is 5.02 Å². The van der Waals surface area contributed by atoms with Crippen LogP contribution < -0.4 is 16.0 Å². The molecule has 4 aromatic rings. The average Bonchev–Trinajstić information content (AvgIpc) is 3.26. The predicted molar refractivity (Wildman–Crippen MR) is 137 cm³/mol. The van der Waals surface area contributed by atoms with Crippen LogP contribution in [0.4, 0.5) is 30.4 Å². The number of anilines is 3. The van der Waals surface area contributed by atoms with Crippen LogP contribution in [-0.2, 0) is 17.5 Å². The molecule has 0 saturated carbocycles. The highest BCUT2D eigenvalue weighted by Gasteiger charge is 2.30. The number of halogens is 4. The molecule has 0 atom stereocenters. The van der Waals surface area contributed by atoms with Crippen LogP contribution >= 0.6 is 11.6 Å². The third kappa shape index (κ3) is 6.05. The van der Waals surface area contributed by atoms with Crippen molar-refractivity contribution >= 4 is 51.7 Å². The van der Waals surface area contributed by atoms with Gasteiger partial charge in [0.25, 0.3) is 5.91 Å². The maximum atomic E-state index is 13.1. The van der Waals surface area contributed by atoms with Gasteiger partial charge in [0.05, 0.1) is 21.8 Å². The third-order valence-corrected chi connectivity index (χ3v) is 5.80. The van der Waals surface area contributed by atoms with E-state index in [9.17, 15) is 22.8 Å². The number of amides is 2. The van der Waals surface area contributed by atoms with Crippen LogP contribution in [0, 0.1) is 5.41 Å². The fraction of sp³-hybridized carbons (Fsp3) is 0.231. The summed E-state index contributed by atoms with van der Waals surface area (Å²) < 4.78 is 44.5. The quantitative estimate of drug-likeness (QED) is 0.253. The van der Waals surface area contributed by atoms with Gasteiger partial charge in [-0.25, -0.2) is 4.98 Å². The molecule has 0 aliphatic carbocycles. The molecule has 2 heterocycles. The number of pyridine rings is 1. The first-order valence-electron chi connectivity index (χ1n) is 11.4. The van der Waals surface area contributed by atoms with Gasteiger partial charge < -0.3 is 20.5 Å². The molecule has 0 saturated heterocycles. The summed E-state index contributed by atoms with van der Waals surface area (Å²) in [6.07, 6.45) is -3.11. The fourth-order valence-electron chi connectivity index (χ4n) is 3.43. The van der Waals surface area contributed by atoms with Crippen molar-refractivity contribution in [3.63, 3.8) is 0 Å². The minimum absolute atomic E-state index is 0.0741. The molecule has 2 amide bonds. The van der Waals surface area contributed by atoms with E-state index in [1.807, 2.05) is 0 Å². The Kier molecular flexibility index (Phi) is 7.32. The highest BCUT2D eigenvalue weighted by Crippen LogP contribution is 2.33. The lowest BCUT2D eigenvalue weighted by Gasteiger charge is -2.18. The van der Waals surface area contributed by atoms with Crippen LogP contribution in [0.15, 0.2) is 59.3 Å². The van der Waals surface area contributed by atoms with E-state index in [2.05, 4.69) is 26.1 Å². The molecule has 0 fully saturated rings. The molecule has 198 valence electrons. The Morgan fingerprint density at radius 1 is 1.05 bits per heavy atom. The first kappa shape index (κ1) is 26.9. The summed E-state index contributed by atoms with van der Waals surface area (Å²) in [5.41, 5.74) is 0.120. The van der Waals surface area contributed by atoms with E-state index in [0.29, 0.717) is 5.56 Å². The van der Waals surface area contributed by atoms with Gasteiger partial charge in [-0.15, -0.1) is 0 Å². The zero-order valence-electron chi connectivity index (χ0n) is 20.5. The SMILES string of the molecule is CC(C)(C)C(=O)NCc1ccc(Cl)c(C(=O)Nc2ccnc3c(Nc4cccc(C(F)(F)F)c4)noc23)c1. The van der Waals surface area contributed by atoms with Crippen LogP contribution in [0.5, 0.6) is 0 Å². The summed E-state index contributed by atoms with van der Waals surface area (Å²) in [5, 5.41) is 12.4. The van der Waals surface area contributed by atoms with Crippen molar-refractivity contribution in [2.75, 3.05) is 10.6 Å². The fourth-order valence-corrected chi connectivity index (χ4v) is 3.63. The molecule has 0 radical (unpaired) electrons. The molecule has 4 rings (SSSR count). The molecule has 3 N–H and O–H groups in total. The van der Waals surface area contributed by atoms with Gasteiger partial charge >= 0.3 is 6.18 Å². The standard InChI is InChI=1S/C26H23ClF3N5O3/c1-25(2,3)24(37)32-13-14-7-8-18(27)17(11-14)23(36)34-19-9-10-31-20-21(19)38-35-22(20)33-16-6-4-5-15(12-16)26(28,29)30/h4-12H,13H2,1-3H3,(H,32,37)(H,33,35)(H,31,34,36). The zero-order valence-corrected chi connectivity index (χ0v) is 21.3. The first-order chi connectivity index (χ1) is 17.8. The second-order valence-electron chi connectivity index (χ2n) is 9.47.